The van der Waals surface area contributed by atoms with Crippen LogP contribution in [0.2, 0.25) is 5.15 Å². The first kappa shape index (κ1) is 31.5. The zero-order chi connectivity index (χ0) is 30.6. The van der Waals surface area contributed by atoms with Crippen LogP contribution in [0.3, 0.4) is 0 Å². The number of ether oxygens (including phenoxy) is 4. The fourth-order valence-corrected chi connectivity index (χ4v) is 5.56. The number of hydrogen-bond donors (Lipinski definition) is 0. The molecule has 42 heavy (non-hydrogen) atoms. The Morgan fingerprint density at radius 1 is 1.17 bits per heavy atom. The molecule has 1 aliphatic heterocycles. The van der Waals surface area contributed by atoms with Gasteiger partial charge in [0, 0.05) is 12.5 Å². The summed E-state index contributed by atoms with van der Waals surface area (Å²) in [4.78, 5) is 50.0. The van der Waals surface area contributed by atoms with Crippen LogP contribution in [-0.4, -0.2) is 71.7 Å². The molecule has 228 valence electrons. The summed E-state index contributed by atoms with van der Waals surface area (Å²) < 4.78 is 22.1. The first-order chi connectivity index (χ1) is 19.9. The lowest BCUT2D eigenvalue weighted by atomic mass is 9.77. The second-order valence-corrected chi connectivity index (χ2v) is 12.4. The normalized spacial score (nSPS) is 22.4. The quantitative estimate of drug-likeness (QED) is 0.185. The second-order valence-electron chi connectivity index (χ2n) is 12.0. The van der Waals surface area contributed by atoms with E-state index in [0.29, 0.717) is 22.7 Å². The van der Waals surface area contributed by atoms with Gasteiger partial charge in [-0.2, -0.15) is 0 Å². The second kappa shape index (κ2) is 13.3. The van der Waals surface area contributed by atoms with E-state index in [1.54, 1.807) is 25.3 Å². The molecule has 1 aliphatic carbocycles. The lowest BCUT2D eigenvalue weighted by Crippen LogP contribution is -2.47. The SMILES string of the molecule is C=CCCC[C@@H]1C[C@H]1OC(=O)C[C@H](C(=O)N1CC(Oc2nc3cc(OC)ccc3nc2Cl)C[C@H]1C(=O)OC)C(C)(C)C. The monoisotopic (exact) mass is 601 g/mol. The molecule has 2 aliphatic rings. The molecule has 1 unspecified atom stereocenters. The average molecular weight is 602 g/mol. The molecule has 10 nitrogen and oxygen atoms in total. The molecular formula is C31H40ClN3O7. The maximum absolute atomic E-state index is 14.0. The Labute approximate surface area is 251 Å². The number of halogens is 1. The number of unbranched alkanes of at least 4 members (excludes halogenated alkanes) is 1. The van der Waals surface area contributed by atoms with E-state index in [0.717, 1.165) is 25.7 Å². The Morgan fingerprint density at radius 3 is 2.60 bits per heavy atom. The highest BCUT2D eigenvalue weighted by Crippen LogP contribution is 2.40. The van der Waals surface area contributed by atoms with E-state index >= 15 is 0 Å². The van der Waals surface area contributed by atoms with Gasteiger partial charge in [0.05, 0.1) is 44.1 Å². The van der Waals surface area contributed by atoms with Crippen LogP contribution < -0.4 is 9.47 Å². The van der Waals surface area contributed by atoms with Crippen molar-refractivity contribution in [2.75, 3.05) is 20.8 Å². The number of likely N-dealkylation sites (tertiary alicyclic amines) is 1. The molecule has 0 bridgehead atoms. The topological polar surface area (TPSA) is 117 Å². The van der Waals surface area contributed by atoms with Gasteiger partial charge in [0.1, 0.15) is 24.0 Å². The number of carbonyl (C=O) groups is 3. The fraction of sp³-hybridized carbons (Fsp3) is 0.581. The predicted molar refractivity (Wildman–Crippen MR) is 157 cm³/mol. The van der Waals surface area contributed by atoms with Gasteiger partial charge in [0.15, 0.2) is 5.15 Å². The summed E-state index contributed by atoms with van der Waals surface area (Å²) in [7, 11) is 2.83. The van der Waals surface area contributed by atoms with Crippen LogP contribution in [0.4, 0.5) is 0 Å². The van der Waals surface area contributed by atoms with Gasteiger partial charge in [-0.15, -0.1) is 6.58 Å². The zero-order valence-electron chi connectivity index (χ0n) is 24.9. The smallest absolute Gasteiger partial charge is 0.328 e. The van der Waals surface area contributed by atoms with Crippen molar-refractivity contribution in [2.24, 2.45) is 17.3 Å². The molecule has 2 aromatic rings. The number of esters is 2. The highest BCUT2D eigenvalue weighted by molar-refractivity contribution is 6.31. The predicted octanol–water partition coefficient (Wildman–Crippen LogP) is 5.15. The third kappa shape index (κ3) is 7.51. The summed E-state index contributed by atoms with van der Waals surface area (Å²) in [6.45, 7) is 9.52. The van der Waals surface area contributed by atoms with Crippen molar-refractivity contribution < 1.29 is 33.3 Å². The van der Waals surface area contributed by atoms with Crippen LogP contribution in [-0.2, 0) is 23.9 Å². The number of hydrogen-bond acceptors (Lipinski definition) is 9. The van der Waals surface area contributed by atoms with Crippen molar-refractivity contribution in [1.82, 2.24) is 14.9 Å². The van der Waals surface area contributed by atoms with Crippen molar-refractivity contribution in [1.29, 1.82) is 0 Å². The van der Waals surface area contributed by atoms with Gasteiger partial charge < -0.3 is 23.8 Å². The number of allylic oxidation sites excluding steroid dienone is 1. The minimum Gasteiger partial charge on any atom is -0.497 e. The summed E-state index contributed by atoms with van der Waals surface area (Å²) in [5.74, 6) is -0.970. The first-order valence-electron chi connectivity index (χ1n) is 14.3. The Kier molecular flexibility index (Phi) is 9.97. The Bertz CT molecular complexity index is 1330. The Morgan fingerprint density at radius 2 is 1.93 bits per heavy atom. The van der Waals surface area contributed by atoms with E-state index in [2.05, 4.69) is 16.5 Å². The molecule has 5 atom stereocenters. The molecule has 1 aromatic carbocycles. The van der Waals surface area contributed by atoms with E-state index in [1.165, 1.54) is 12.0 Å². The fourth-order valence-electron chi connectivity index (χ4n) is 5.38. The van der Waals surface area contributed by atoms with E-state index in [-0.39, 0.29) is 42.4 Å². The van der Waals surface area contributed by atoms with Gasteiger partial charge >= 0.3 is 11.9 Å². The molecule has 0 N–H and O–H groups in total. The highest BCUT2D eigenvalue weighted by atomic mass is 35.5. The highest BCUT2D eigenvalue weighted by Gasteiger charge is 2.47. The number of nitrogens with zero attached hydrogens (tertiary/aromatic N) is 3. The molecule has 1 saturated heterocycles. The van der Waals surface area contributed by atoms with E-state index in [1.807, 2.05) is 26.8 Å². The van der Waals surface area contributed by atoms with Crippen LogP contribution >= 0.6 is 11.6 Å². The molecule has 4 rings (SSSR count). The first-order valence-corrected chi connectivity index (χ1v) is 14.7. The van der Waals surface area contributed by atoms with Gasteiger partial charge in [-0.3, -0.25) is 9.59 Å². The largest absolute Gasteiger partial charge is 0.497 e. The standard InChI is InChI=1S/C31H40ClN3O7/c1-7-8-9-10-18-13-25(18)42-26(36)16-21(31(2,3)4)29(37)35-17-20(15-24(35)30(38)40-6)41-28-27(32)33-22-12-11-19(39-5)14-23(22)34-28/h7,11-12,14,18,20-21,24-25H,1,8-10,13,15-17H2,2-6H3/t18-,20?,21-,24+,25-/m1/s1. The third-order valence-corrected chi connectivity index (χ3v) is 8.18. The Hall–Kier alpha value is -3.40. The summed E-state index contributed by atoms with van der Waals surface area (Å²) in [5.41, 5.74) is 0.515. The molecule has 0 radical (unpaired) electrons. The number of methoxy groups -OCH3 is 2. The van der Waals surface area contributed by atoms with Crippen LogP contribution in [0.1, 0.15) is 59.3 Å². The lowest BCUT2D eigenvalue weighted by molar-refractivity contribution is -0.157. The van der Waals surface area contributed by atoms with Gasteiger partial charge in [-0.05, 0) is 49.1 Å². The molecule has 2 fully saturated rings. The molecule has 1 amide bonds. The number of aromatic nitrogens is 2. The lowest BCUT2D eigenvalue weighted by Gasteiger charge is -2.34. The van der Waals surface area contributed by atoms with Crippen molar-refractivity contribution in [3.8, 4) is 11.6 Å². The van der Waals surface area contributed by atoms with Crippen LogP contribution in [0.5, 0.6) is 11.6 Å². The molecule has 2 heterocycles. The summed E-state index contributed by atoms with van der Waals surface area (Å²) >= 11 is 6.38. The molecule has 1 aromatic heterocycles. The zero-order valence-corrected chi connectivity index (χ0v) is 25.7. The van der Waals surface area contributed by atoms with E-state index in [9.17, 15) is 14.4 Å². The average Bonchev–Trinajstić information content (AvgIpc) is 3.54. The van der Waals surface area contributed by atoms with E-state index < -0.39 is 35.4 Å². The summed E-state index contributed by atoms with van der Waals surface area (Å²) in [6.07, 6.45) is 5.05. The van der Waals surface area contributed by atoms with E-state index in [4.69, 9.17) is 30.5 Å². The van der Waals surface area contributed by atoms with Gasteiger partial charge in [0.25, 0.3) is 5.88 Å². The van der Waals surface area contributed by atoms with Gasteiger partial charge in [-0.1, -0.05) is 38.4 Å². The van der Waals surface area contributed by atoms with Crippen LogP contribution in [0.25, 0.3) is 11.0 Å². The summed E-state index contributed by atoms with van der Waals surface area (Å²) in [6, 6.07) is 4.32. The van der Waals surface area contributed by atoms with Crippen LogP contribution in [0, 0.1) is 17.3 Å². The third-order valence-electron chi connectivity index (χ3n) is 7.93. The minimum absolute atomic E-state index is 0.0604. The number of carbonyl (C=O) groups excluding carboxylic acids is 3. The number of rotatable bonds is 12. The number of benzene rings is 1. The maximum atomic E-state index is 14.0. The van der Waals surface area contributed by atoms with Crippen molar-refractivity contribution >= 4 is 40.5 Å². The maximum Gasteiger partial charge on any atom is 0.328 e. The number of amides is 1. The number of fused-ring (bicyclic) bond motifs is 1. The van der Waals surface area contributed by atoms with Crippen molar-refractivity contribution in [2.45, 2.75) is 77.5 Å². The van der Waals surface area contributed by atoms with Gasteiger partial charge in [-0.25, -0.2) is 14.8 Å². The molecular weight excluding hydrogens is 562 g/mol. The minimum atomic E-state index is -0.890. The molecule has 0 spiro atoms. The summed E-state index contributed by atoms with van der Waals surface area (Å²) in [5, 5.41) is 0.0604. The molecule has 1 saturated carbocycles. The van der Waals surface area contributed by atoms with Crippen molar-refractivity contribution in [3.05, 3.63) is 36.0 Å². The van der Waals surface area contributed by atoms with Crippen molar-refractivity contribution in [3.63, 3.8) is 0 Å². The Balaban J connectivity index is 1.47. The van der Waals surface area contributed by atoms with Crippen LogP contribution in [0.15, 0.2) is 30.9 Å². The molecule has 11 heteroatoms. The van der Waals surface area contributed by atoms with Gasteiger partial charge in [0.2, 0.25) is 5.91 Å².